The first-order valence-electron chi connectivity index (χ1n) is 17.3. The average molecular weight is 668 g/mol. The summed E-state index contributed by atoms with van der Waals surface area (Å²) in [6.07, 6.45) is 0. The maximum atomic E-state index is 6.42. The van der Waals surface area contributed by atoms with Gasteiger partial charge in [0.15, 0.2) is 5.82 Å². The number of fused-ring (bicyclic) bond motifs is 10. The fraction of sp³-hybridized carbons (Fsp3) is 0. The number of furan rings is 1. The summed E-state index contributed by atoms with van der Waals surface area (Å²) in [6, 6.07) is 62.9. The zero-order chi connectivity index (χ0) is 33.5. The summed E-state index contributed by atoms with van der Waals surface area (Å²) in [4.78, 5) is 11.3. The van der Waals surface area contributed by atoms with E-state index in [1.165, 1.54) is 31.9 Å². The van der Waals surface area contributed by atoms with Gasteiger partial charge < -0.3 is 4.42 Å². The molecule has 0 saturated heterocycles. The van der Waals surface area contributed by atoms with Crippen LogP contribution in [0, 0.1) is 0 Å². The highest BCUT2D eigenvalue weighted by Gasteiger charge is 2.51. The van der Waals surface area contributed by atoms with Crippen LogP contribution in [0.5, 0.6) is 0 Å². The quantitative estimate of drug-likeness (QED) is 0.177. The van der Waals surface area contributed by atoms with E-state index < -0.39 is 8.07 Å². The third-order valence-corrected chi connectivity index (χ3v) is 15.4. The van der Waals surface area contributed by atoms with Crippen LogP contribution >= 0.6 is 0 Å². The molecule has 11 rings (SSSR count). The second-order valence-corrected chi connectivity index (χ2v) is 16.9. The molecule has 4 nitrogen and oxygen atoms in total. The highest BCUT2D eigenvalue weighted by Crippen LogP contribution is 2.43. The van der Waals surface area contributed by atoms with Crippen molar-refractivity contribution in [2.75, 3.05) is 0 Å². The second-order valence-electron chi connectivity index (χ2n) is 13.3. The molecule has 5 heteroatoms. The van der Waals surface area contributed by atoms with E-state index >= 15 is 0 Å². The van der Waals surface area contributed by atoms with Crippen molar-refractivity contribution >= 4 is 72.7 Å². The topological polar surface area (TPSA) is 43.9 Å². The van der Waals surface area contributed by atoms with E-state index in [0.29, 0.717) is 0 Å². The SMILES string of the molecule is c1ccc(-c2nc(-n3c4ccccc4c4c5c(ccc43)oc3ccccc35)c3c(n2)[Si](c2ccccc2)(c2ccccc2)c2ccccc2-3)cc1. The van der Waals surface area contributed by atoms with Gasteiger partial charge in [-0.2, -0.15) is 0 Å². The summed E-state index contributed by atoms with van der Waals surface area (Å²) in [5.74, 6) is 1.62. The molecule has 51 heavy (non-hydrogen) atoms. The Morgan fingerprint density at radius 1 is 0.471 bits per heavy atom. The molecule has 1 aliphatic rings. The van der Waals surface area contributed by atoms with Crippen molar-refractivity contribution in [3.63, 3.8) is 0 Å². The maximum absolute atomic E-state index is 6.42. The van der Waals surface area contributed by atoms with Crippen LogP contribution in [-0.4, -0.2) is 22.6 Å². The third-order valence-electron chi connectivity index (χ3n) is 10.7. The van der Waals surface area contributed by atoms with Crippen molar-refractivity contribution in [3.8, 4) is 28.3 Å². The Labute approximate surface area is 294 Å². The van der Waals surface area contributed by atoms with Crippen LogP contribution in [0.4, 0.5) is 0 Å². The average Bonchev–Trinajstić information content (AvgIpc) is 3.85. The Morgan fingerprint density at radius 3 is 1.86 bits per heavy atom. The lowest BCUT2D eigenvalue weighted by Gasteiger charge is -2.30. The lowest BCUT2D eigenvalue weighted by atomic mass is 10.1. The Bertz CT molecular complexity index is 2930. The van der Waals surface area contributed by atoms with E-state index in [2.05, 4.69) is 168 Å². The molecule has 0 unspecified atom stereocenters. The molecule has 10 aromatic rings. The van der Waals surface area contributed by atoms with Gasteiger partial charge in [-0.15, -0.1) is 0 Å². The summed E-state index contributed by atoms with van der Waals surface area (Å²) in [5.41, 5.74) is 7.25. The molecule has 4 heterocycles. The van der Waals surface area contributed by atoms with Gasteiger partial charge in [0.1, 0.15) is 17.0 Å². The van der Waals surface area contributed by atoms with Crippen molar-refractivity contribution in [2.24, 2.45) is 0 Å². The Balaban J connectivity index is 1.36. The van der Waals surface area contributed by atoms with E-state index in [0.717, 1.165) is 61.1 Å². The van der Waals surface area contributed by atoms with Crippen molar-refractivity contribution in [3.05, 3.63) is 176 Å². The highest BCUT2D eigenvalue weighted by molar-refractivity contribution is 7.21. The summed E-state index contributed by atoms with van der Waals surface area (Å²) in [5, 5.41) is 9.64. The first-order valence-corrected chi connectivity index (χ1v) is 19.3. The minimum Gasteiger partial charge on any atom is -0.456 e. The third kappa shape index (κ3) is 3.84. The van der Waals surface area contributed by atoms with E-state index in [-0.39, 0.29) is 0 Å². The summed E-state index contributed by atoms with van der Waals surface area (Å²) < 4.78 is 8.80. The molecule has 0 saturated carbocycles. The molecule has 3 aromatic heterocycles. The fourth-order valence-corrected chi connectivity index (χ4v) is 13.6. The molecule has 238 valence electrons. The fourth-order valence-electron chi connectivity index (χ4n) is 8.63. The Kier molecular flexibility index (Phi) is 5.95. The Hall–Kier alpha value is -6.56. The van der Waals surface area contributed by atoms with E-state index in [1.807, 2.05) is 12.1 Å². The van der Waals surface area contributed by atoms with Gasteiger partial charge in [-0.1, -0.05) is 152 Å². The molecule has 0 bridgehead atoms. The lowest BCUT2D eigenvalue weighted by Crippen LogP contribution is -2.73. The van der Waals surface area contributed by atoms with Gasteiger partial charge in [0.25, 0.3) is 0 Å². The van der Waals surface area contributed by atoms with Crippen molar-refractivity contribution in [2.45, 2.75) is 0 Å². The number of nitrogens with zero attached hydrogens (tertiary/aromatic N) is 3. The maximum Gasteiger partial charge on any atom is 0.203 e. The molecule has 0 amide bonds. The molecule has 1 aliphatic heterocycles. The van der Waals surface area contributed by atoms with Gasteiger partial charge in [0.2, 0.25) is 8.07 Å². The first kappa shape index (κ1) is 28.3. The summed E-state index contributed by atoms with van der Waals surface area (Å²) in [7, 11) is -2.92. The van der Waals surface area contributed by atoms with Crippen LogP contribution in [0.15, 0.2) is 180 Å². The molecule has 0 aliphatic carbocycles. The van der Waals surface area contributed by atoms with Crippen molar-refractivity contribution in [1.82, 2.24) is 14.5 Å². The number of para-hydroxylation sites is 2. The van der Waals surface area contributed by atoms with E-state index in [4.69, 9.17) is 14.4 Å². The number of hydrogen-bond donors (Lipinski definition) is 0. The first-order chi connectivity index (χ1) is 25.3. The van der Waals surface area contributed by atoms with Crippen molar-refractivity contribution in [1.29, 1.82) is 0 Å². The summed E-state index contributed by atoms with van der Waals surface area (Å²) >= 11 is 0. The molecular formula is C46H29N3OSi. The van der Waals surface area contributed by atoms with Gasteiger partial charge in [-0.25, -0.2) is 9.97 Å². The van der Waals surface area contributed by atoms with Crippen LogP contribution in [0.1, 0.15) is 0 Å². The molecule has 0 spiro atoms. The van der Waals surface area contributed by atoms with Crippen LogP contribution in [0.3, 0.4) is 0 Å². The largest absolute Gasteiger partial charge is 0.456 e. The van der Waals surface area contributed by atoms with E-state index in [1.54, 1.807) is 0 Å². The lowest BCUT2D eigenvalue weighted by molar-refractivity contribution is 0.669. The number of hydrogen-bond acceptors (Lipinski definition) is 3. The van der Waals surface area contributed by atoms with Gasteiger partial charge in [0.05, 0.1) is 16.4 Å². The molecule has 0 fully saturated rings. The number of rotatable bonds is 4. The van der Waals surface area contributed by atoms with Gasteiger partial charge in [-0.3, -0.25) is 4.57 Å². The molecule has 0 radical (unpaired) electrons. The molecular weight excluding hydrogens is 639 g/mol. The standard InChI is InChI=1S/C46H29N3OSi/c1-4-16-30(17-5-1)44-47-45(49-36-25-13-10-22-33(36)41-37(49)28-29-39-42(41)34-23-11-14-26-38(34)50-39)43-35-24-12-15-27-40(35)51(46(43)48-44,31-18-6-2-7-19-31)32-20-8-3-9-21-32/h1-29H. The molecule has 0 N–H and O–H groups in total. The predicted molar refractivity (Wildman–Crippen MR) is 212 cm³/mol. The normalized spacial score (nSPS) is 13.3. The second kappa shape index (κ2) is 10.7. The van der Waals surface area contributed by atoms with Crippen LogP contribution in [0.2, 0.25) is 0 Å². The predicted octanol–water partition coefficient (Wildman–Crippen LogP) is 8.50. The Morgan fingerprint density at radius 2 is 1.10 bits per heavy atom. The summed E-state index contributed by atoms with van der Waals surface area (Å²) in [6.45, 7) is 0. The highest BCUT2D eigenvalue weighted by atomic mass is 28.3. The number of benzene rings is 7. The monoisotopic (exact) mass is 667 g/mol. The number of aromatic nitrogens is 3. The van der Waals surface area contributed by atoms with Gasteiger partial charge >= 0.3 is 0 Å². The van der Waals surface area contributed by atoms with Crippen LogP contribution in [0.25, 0.3) is 72.1 Å². The van der Waals surface area contributed by atoms with Gasteiger partial charge in [0, 0.05) is 32.7 Å². The smallest absolute Gasteiger partial charge is 0.203 e. The minimum atomic E-state index is -2.92. The van der Waals surface area contributed by atoms with Crippen LogP contribution < -0.4 is 20.9 Å². The minimum absolute atomic E-state index is 0.724. The van der Waals surface area contributed by atoms with E-state index in [9.17, 15) is 0 Å². The van der Waals surface area contributed by atoms with Crippen molar-refractivity contribution < 1.29 is 4.42 Å². The van der Waals surface area contributed by atoms with Crippen LogP contribution in [-0.2, 0) is 0 Å². The zero-order valence-corrected chi connectivity index (χ0v) is 28.5. The zero-order valence-electron chi connectivity index (χ0n) is 27.5. The molecule has 0 atom stereocenters. The van der Waals surface area contributed by atoms with Gasteiger partial charge in [-0.05, 0) is 45.4 Å². The molecule has 7 aromatic carbocycles.